The number of carboxylic acid groups (broad SMARTS) is 1. The predicted molar refractivity (Wildman–Crippen MR) is 68.1 cm³/mol. The zero-order valence-electron chi connectivity index (χ0n) is 11.5. The highest BCUT2D eigenvalue weighted by Gasteiger charge is 2.46. The van der Waals surface area contributed by atoms with Gasteiger partial charge in [-0.25, -0.2) is 0 Å². The Morgan fingerprint density at radius 2 is 2.00 bits per heavy atom. The molecule has 0 aromatic rings. The van der Waals surface area contributed by atoms with Crippen LogP contribution in [0.2, 0.25) is 0 Å². The minimum Gasteiger partial charge on any atom is -0.481 e. The van der Waals surface area contributed by atoms with Crippen molar-refractivity contribution >= 4 is 17.7 Å². The van der Waals surface area contributed by atoms with Gasteiger partial charge in [0.25, 0.3) is 0 Å². The summed E-state index contributed by atoms with van der Waals surface area (Å²) < 4.78 is 0. The molecule has 1 unspecified atom stereocenters. The molecule has 0 saturated carbocycles. The number of carboxylic acids is 1. The van der Waals surface area contributed by atoms with Crippen LogP contribution in [0.5, 0.6) is 0 Å². The Balaban J connectivity index is 2.71. The monoisotopic (exact) mass is 263 g/mol. The van der Waals surface area contributed by atoms with Gasteiger partial charge in [0.15, 0.2) is 5.78 Å². The Morgan fingerprint density at radius 3 is 2.53 bits per heavy atom. The number of rotatable bonds is 2. The second-order valence-electron chi connectivity index (χ2n) is 5.56. The minimum absolute atomic E-state index is 0.102. The maximum absolute atomic E-state index is 12.1. The lowest BCUT2D eigenvalue weighted by Gasteiger charge is -2.29. The molecule has 1 fully saturated rings. The number of nitrogens with zero attached hydrogens (tertiary/aromatic N) is 1. The number of aliphatic carboxylic acids is 1. The first kappa shape index (κ1) is 13.5. The van der Waals surface area contributed by atoms with E-state index in [1.54, 1.807) is 20.0 Å². The molecule has 1 aliphatic carbocycles. The molecule has 1 N–H and O–H groups in total. The van der Waals surface area contributed by atoms with E-state index in [4.69, 9.17) is 0 Å². The van der Waals surface area contributed by atoms with Crippen LogP contribution in [-0.2, 0) is 14.4 Å². The number of carbonyl (C=O) groups is 3. The number of likely N-dealkylation sites (tertiary alicyclic amines) is 1. The summed E-state index contributed by atoms with van der Waals surface area (Å²) >= 11 is 0. The predicted octanol–water partition coefficient (Wildman–Crippen LogP) is 1.36. The molecule has 2 aliphatic rings. The fourth-order valence-corrected chi connectivity index (χ4v) is 2.71. The summed E-state index contributed by atoms with van der Waals surface area (Å²) in [7, 11) is 1.59. The van der Waals surface area contributed by atoms with Gasteiger partial charge in [-0.2, -0.15) is 0 Å². The number of hydrogen-bond donors (Lipinski definition) is 1. The van der Waals surface area contributed by atoms with Crippen LogP contribution in [0.4, 0.5) is 0 Å². The molecule has 102 valence electrons. The molecule has 5 heteroatoms. The number of ketones is 1. The zero-order valence-corrected chi connectivity index (χ0v) is 11.5. The van der Waals surface area contributed by atoms with Crippen LogP contribution < -0.4 is 0 Å². The topological polar surface area (TPSA) is 74.7 Å². The summed E-state index contributed by atoms with van der Waals surface area (Å²) in [6.07, 6.45) is 1.90. The third-order valence-corrected chi connectivity index (χ3v) is 3.96. The Labute approximate surface area is 111 Å². The van der Waals surface area contributed by atoms with Gasteiger partial charge in [-0.05, 0) is 26.3 Å². The first-order valence-electron chi connectivity index (χ1n) is 6.19. The van der Waals surface area contributed by atoms with Gasteiger partial charge in [-0.1, -0.05) is 6.08 Å². The Morgan fingerprint density at radius 1 is 1.42 bits per heavy atom. The average molecular weight is 263 g/mol. The largest absolute Gasteiger partial charge is 0.481 e. The van der Waals surface area contributed by atoms with Crippen LogP contribution in [0.25, 0.3) is 0 Å². The second-order valence-corrected chi connectivity index (χ2v) is 5.56. The van der Waals surface area contributed by atoms with Crippen molar-refractivity contribution in [3.8, 4) is 0 Å². The fraction of sp³-hybridized carbons (Fsp3) is 0.500. The van der Waals surface area contributed by atoms with E-state index < -0.39 is 11.4 Å². The van der Waals surface area contributed by atoms with E-state index in [-0.39, 0.29) is 29.6 Å². The van der Waals surface area contributed by atoms with Crippen molar-refractivity contribution in [3.05, 3.63) is 22.9 Å². The Kier molecular flexibility index (Phi) is 2.88. The highest BCUT2D eigenvalue weighted by atomic mass is 16.4. The van der Waals surface area contributed by atoms with E-state index >= 15 is 0 Å². The summed E-state index contributed by atoms with van der Waals surface area (Å²) in [5.41, 5.74) is 0.195. The van der Waals surface area contributed by atoms with Crippen LogP contribution in [0.1, 0.15) is 27.2 Å². The van der Waals surface area contributed by atoms with E-state index in [1.165, 1.54) is 18.7 Å². The van der Waals surface area contributed by atoms with E-state index in [2.05, 4.69) is 0 Å². The molecule has 1 saturated heterocycles. The summed E-state index contributed by atoms with van der Waals surface area (Å²) in [6.45, 7) is 4.78. The minimum atomic E-state index is -1.30. The first-order valence-corrected chi connectivity index (χ1v) is 6.19. The summed E-state index contributed by atoms with van der Waals surface area (Å²) in [5, 5.41) is 9.34. The van der Waals surface area contributed by atoms with Crippen molar-refractivity contribution in [1.82, 2.24) is 4.90 Å². The molecule has 0 bridgehead atoms. The van der Waals surface area contributed by atoms with Gasteiger partial charge < -0.3 is 10.0 Å². The second kappa shape index (κ2) is 4.05. The van der Waals surface area contributed by atoms with Crippen molar-refractivity contribution in [1.29, 1.82) is 0 Å². The van der Waals surface area contributed by atoms with Crippen molar-refractivity contribution < 1.29 is 19.5 Å². The van der Waals surface area contributed by atoms with Crippen LogP contribution in [0, 0.1) is 11.3 Å². The molecule has 0 aromatic carbocycles. The molecule has 1 aliphatic heterocycles. The number of Topliss-reactive ketones (excluding diaryl/α,β-unsaturated/α-hetero) is 1. The highest BCUT2D eigenvalue weighted by molar-refractivity contribution is 6.07. The molecule has 19 heavy (non-hydrogen) atoms. The molecule has 0 radical (unpaired) electrons. The molecule has 1 atom stereocenters. The van der Waals surface area contributed by atoms with Gasteiger partial charge >= 0.3 is 5.97 Å². The van der Waals surface area contributed by atoms with E-state index in [9.17, 15) is 19.5 Å². The molecule has 1 amide bonds. The zero-order chi connectivity index (χ0) is 14.5. The van der Waals surface area contributed by atoms with Gasteiger partial charge in [-0.3, -0.25) is 14.4 Å². The maximum atomic E-state index is 12.1. The summed E-state index contributed by atoms with van der Waals surface area (Å²) in [5.74, 6) is -1.70. The lowest BCUT2D eigenvalue weighted by molar-refractivity contribution is -0.146. The number of hydrogen-bond acceptors (Lipinski definition) is 3. The smallest absolute Gasteiger partial charge is 0.313 e. The van der Waals surface area contributed by atoms with Crippen LogP contribution in [-0.4, -0.2) is 34.7 Å². The molecular formula is C14H17NO4. The normalized spacial score (nSPS) is 23.7. The average Bonchev–Trinajstić information content (AvgIpc) is 2.54. The lowest BCUT2D eigenvalue weighted by Crippen LogP contribution is -2.35. The van der Waals surface area contributed by atoms with Gasteiger partial charge in [-0.15, -0.1) is 0 Å². The molecule has 0 aromatic heterocycles. The Hall–Kier alpha value is -1.91. The van der Waals surface area contributed by atoms with Crippen LogP contribution in [0.3, 0.4) is 0 Å². The quantitative estimate of drug-likeness (QED) is 0.816. The van der Waals surface area contributed by atoms with Gasteiger partial charge in [0.05, 0.1) is 17.0 Å². The van der Waals surface area contributed by atoms with Gasteiger partial charge in [0, 0.05) is 19.0 Å². The lowest BCUT2D eigenvalue weighted by atomic mass is 9.76. The van der Waals surface area contributed by atoms with E-state index in [0.29, 0.717) is 5.70 Å². The SMILES string of the molecule is CC1C(=O)N(C)C2=C(C(C)(C)C(=O)O)C(=O)CC=C21. The fourth-order valence-electron chi connectivity index (χ4n) is 2.71. The number of fused-ring (bicyclic) bond motifs is 1. The molecule has 1 heterocycles. The third-order valence-electron chi connectivity index (χ3n) is 3.96. The third kappa shape index (κ3) is 1.72. The van der Waals surface area contributed by atoms with Crippen molar-refractivity contribution in [2.75, 3.05) is 7.05 Å². The number of carbonyl (C=O) groups excluding carboxylic acids is 2. The molecular weight excluding hydrogens is 246 g/mol. The van der Waals surface area contributed by atoms with Gasteiger partial charge in [0.2, 0.25) is 5.91 Å². The number of allylic oxidation sites excluding steroid dienone is 2. The standard InChI is InChI=1S/C14H17NO4/c1-7-8-5-6-9(16)10(14(2,3)13(18)19)11(8)15(4)12(7)17/h5,7H,6H2,1-4H3,(H,18,19). The van der Waals surface area contributed by atoms with Crippen molar-refractivity contribution in [2.24, 2.45) is 11.3 Å². The van der Waals surface area contributed by atoms with Gasteiger partial charge in [0.1, 0.15) is 0 Å². The van der Waals surface area contributed by atoms with Crippen LogP contribution >= 0.6 is 0 Å². The first-order chi connectivity index (χ1) is 8.69. The molecule has 0 spiro atoms. The van der Waals surface area contributed by atoms with E-state index in [1.807, 2.05) is 0 Å². The highest BCUT2D eigenvalue weighted by Crippen LogP contribution is 2.43. The maximum Gasteiger partial charge on any atom is 0.313 e. The Bertz CT molecular complexity index is 554. The molecule has 2 rings (SSSR count). The van der Waals surface area contributed by atoms with E-state index in [0.717, 1.165) is 5.57 Å². The summed E-state index contributed by atoms with van der Waals surface area (Å²) in [4.78, 5) is 37.0. The van der Waals surface area contributed by atoms with Crippen LogP contribution in [0.15, 0.2) is 22.9 Å². The van der Waals surface area contributed by atoms with Crippen molar-refractivity contribution in [3.63, 3.8) is 0 Å². The molecule has 5 nitrogen and oxygen atoms in total. The van der Waals surface area contributed by atoms with Crippen molar-refractivity contribution in [2.45, 2.75) is 27.2 Å². The number of likely N-dealkylation sites (N-methyl/N-ethyl adjacent to an activating group) is 1. The summed E-state index contributed by atoms with van der Waals surface area (Å²) in [6, 6.07) is 0. The number of amides is 1.